The lowest BCUT2D eigenvalue weighted by atomic mass is 9.80. The first-order chi connectivity index (χ1) is 8.45. The van der Waals surface area contributed by atoms with Crippen molar-refractivity contribution in [3.8, 4) is 0 Å². The Bertz CT molecular complexity index is 434. The van der Waals surface area contributed by atoms with E-state index in [-0.39, 0.29) is 0 Å². The van der Waals surface area contributed by atoms with Gasteiger partial charge in [-0.2, -0.15) is 0 Å². The van der Waals surface area contributed by atoms with E-state index in [1.54, 1.807) is 6.92 Å². The molecule has 1 aliphatic carbocycles. The maximum atomic E-state index is 11.0. The number of nitrogens with zero attached hydrogens (tertiary/aromatic N) is 1. The van der Waals surface area contributed by atoms with Crippen molar-refractivity contribution < 1.29 is 9.90 Å². The van der Waals surface area contributed by atoms with Gasteiger partial charge in [0.2, 0.25) is 0 Å². The summed E-state index contributed by atoms with van der Waals surface area (Å²) in [5.74, 6) is 0.570. The summed E-state index contributed by atoms with van der Waals surface area (Å²) in [5, 5.41) is 13.2. The second kappa shape index (κ2) is 5.26. The van der Waals surface area contributed by atoms with Gasteiger partial charge in [-0.1, -0.05) is 25.2 Å². The van der Waals surface area contributed by atoms with Crippen molar-refractivity contribution in [2.75, 3.05) is 5.32 Å². The number of nitrogens with one attached hydrogen (secondary N) is 1. The smallest absolute Gasteiger partial charge is 0.347 e. The highest BCUT2D eigenvalue weighted by Gasteiger charge is 2.25. The van der Waals surface area contributed by atoms with Crippen LogP contribution < -0.4 is 5.32 Å². The monoisotopic (exact) mass is 268 g/mol. The molecule has 2 N–H and O–H groups in total. The van der Waals surface area contributed by atoms with Gasteiger partial charge in [-0.15, -0.1) is 0 Å². The summed E-state index contributed by atoms with van der Waals surface area (Å²) in [6, 6.07) is 0.427. The first-order valence-electron chi connectivity index (χ1n) is 6.43. The number of carbonyl (C=O) groups is 1. The zero-order chi connectivity index (χ0) is 13.3. The van der Waals surface area contributed by atoms with E-state index in [4.69, 9.17) is 5.11 Å². The summed E-state index contributed by atoms with van der Waals surface area (Å²) in [5.41, 5.74) is 0.604. The molecule has 1 heterocycles. The molecule has 2 unspecified atom stereocenters. The van der Waals surface area contributed by atoms with E-state index in [1.165, 1.54) is 17.8 Å². The molecule has 100 valence electrons. The van der Waals surface area contributed by atoms with Crippen molar-refractivity contribution in [1.82, 2.24) is 4.98 Å². The lowest BCUT2D eigenvalue weighted by Gasteiger charge is -2.31. The van der Waals surface area contributed by atoms with Crippen LogP contribution in [0.3, 0.4) is 0 Å². The van der Waals surface area contributed by atoms with Crippen LogP contribution in [0.5, 0.6) is 0 Å². The van der Waals surface area contributed by atoms with Gasteiger partial charge < -0.3 is 10.4 Å². The third-order valence-electron chi connectivity index (χ3n) is 3.50. The van der Waals surface area contributed by atoms with Crippen LogP contribution in [-0.2, 0) is 0 Å². The van der Waals surface area contributed by atoms with Crippen LogP contribution in [0.1, 0.15) is 48.5 Å². The highest BCUT2D eigenvalue weighted by molar-refractivity contribution is 7.17. The molecule has 5 heteroatoms. The molecule has 2 rings (SSSR count). The maximum absolute atomic E-state index is 11.0. The Labute approximate surface area is 111 Å². The van der Waals surface area contributed by atoms with Gasteiger partial charge in [-0.3, -0.25) is 0 Å². The zero-order valence-corrected chi connectivity index (χ0v) is 11.9. The highest BCUT2D eigenvalue weighted by atomic mass is 32.1. The van der Waals surface area contributed by atoms with Gasteiger partial charge in [0.25, 0.3) is 0 Å². The average molecular weight is 268 g/mol. The molecular weight excluding hydrogens is 248 g/mol. The number of carboxylic acid groups (broad SMARTS) is 1. The summed E-state index contributed by atoms with van der Waals surface area (Å²) in [6.45, 7) is 6.30. The van der Waals surface area contributed by atoms with Crippen LogP contribution in [0, 0.1) is 18.8 Å². The Morgan fingerprint density at radius 2 is 1.94 bits per heavy atom. The number of thiazole rings is 1. The molecule has 0 saturated heterocycles. The van der Waals surface area contributed by atoms with E-state index in [1.807, 2.05) is 0 Å². The number of aryl methyl sites for hydroxylation is 1. The molecule has 2 atom stereocenters. The lowest BCUT2D eigenvalue weighted by molar-refractivity contribution is 0.0701. The van der Waals surface area contributed by atoms with Crippen LogP contribution >= 0.6 is 11.3 Å². The van der Waals surface area contributed by atoms with Crippen molar-refractivity contribution in [3.05, 3.63) is 10.6 Å². The number of aromatic carboxylic acids is 1. The summed E-state index contributed by atoms with van der Waals surface area (Å²) >= 11 is 1.24. The van der Waals surface area contributed by atoms with Crippen LogP contribution in [0.4, 0.5) is 5.13 Å². The van der Waals surface area contributed by atoms with Crippen molar-refractivity contribution in [1.29, 1.82) is 0 Å². The van der Waals surface area contributed by atoms with Gasteiger partial charge in [0.15, 0.2) is 5.13 Å². The van der Waals surface area contributed by atoms with Crippen LogP contribution in [0.2, 0.25) is 0 Å². The minimum Gasteiger partial charge on any atom is -0.477 e. The fourth-order valence-electron chi connectivity index (χ4n) is 2.90. The zero-order valence-electron chi connectivity index (χ0n) is 11.1. The standard InChI is InChI=1S/C13H20N2O2S/c1-7-4-8(2)6-10(5-7)15-13-14-9(3)11(18-13)12(16)17/h7-8,10H,4-6H2,1-3H3,(H,14,15)(H,16,17). The van der Waals surface area contributed by atoms with Gasteiger partial charge >= 0.3 is 5.97 Å². The quantitative estimate of drug-likeness (QED) is 0.882. The van der Waals surface area contributed by atoms with E-state index in [2.05, 4.69) is 24.1 Å². The summed E-state index contributed by atoms with van der Waals surface area (Å²) < 4.78 is 0. The Morgan fingerprint density at radius 3 is 2.44 bits per heavy atom. The van der Waals surface area contributed by atoms with Crippen LogP contribution in [0.15, 0.2) is 0 Å². The first-order valence-corrected chi connectivity index (χ1v) is 7.24. The van der Waals surface area contributed by atoms with Crippen molar-refractivity contribution >= 4 is 22.4 Å². The molecule has 1 saturated carbocycles. The molecule has 1 aromatic heterocycles. The number of carboxylic acids is 1. The predicted molar refractivity (Wildman–Crippen MR) is 73.4 cm³/mol. The molecule has 0 aliphatic heterocycles. The molecule has 0 bridgehead atoms. The van der Waals surface area contributed by atoms with E-state index in [0.717, 1.165) is 29.8 Å². The Kier molecular flexibility index (Phi) is 3.90. The Morgan fingerprint density at radius 1 is 1.33 bits per heavy atom. The highest BCUT2D eigenvalue weighted by Crippen LogP contribution is 2.32. The SMILES string of the molecule is Cc1nc(NC2CC(C)CC(C)C2)sc1C(=O)O. The lowest BCUT2D eigenvalue weighted by Crippen LogP contribution is -2.30. The van der Waals surface area contributed by atoms with Crippen molar-refractivity contribution in [2.24, 2.45) is 11.8 Å². The van der Waals surface area contributed by atoms with Gasteiger partial charge in [0, 0.05) is 6.04 Å². The molecule has 1 aliphatic rings. The minimum atomic E-state index is -0.886. The number of hydrogen-bond donors (Lipinski definition) is 2. The van der Waals surface area contributed by atoms with E-state index in [9.17, 15) is 4.79 Å². The molecule has 18 heavy (non-hydrogen) atoms. The summed E-state index contributed by atoms with van der Waals surface area (Å²) in [6.07, 6.45) is 3.58. The second-order valence-corrected chi connectivity index (χ2v) is 6.50. The molecule has 0 aromatic carbocycles. The van der Waals surface area contributed by atoms with Crippen LogP contribution in [0.25, 0.3) is 0 Å². The topological polar surface area (TPSA) is 62.2 Å². The second-order valence-electron chi connectivity index (χ2n) is 5.50. The summed E-state index contributed by atoms with van der Waals surface area (Å²) in [4.78, 5) is 15.6. The average Bonchev–Trinajstić information content (AvgIpc) is 2.57. The van der Waals surface area contributed by atoms with Crippen molar-refractivity contribution in [2.45, 2.75) is 46.1 Å². The molecule has 1 aromatic rings. The van der Waals surface area contributed by atoms with Gasteiger partial charge in [-0.25, -0.2) is 9.78 Å². The van der Waals surface area contributed by atoms with E-state index < -0.39 is 5.97 Å². The molecular formula is C13H20N2O2S. The first kappa shape index (κ1) is 13.3. The fourth-order valence-corrected chi connectivity index (χ4v) is 3.78. The third kappa shape index (κ3) is 3.02. The number of rotatable bonds is 3. The van der Waals surface area contributed by atoms with Gasteiger partial charge in [0.05, 0.1) is 5.69 Å². The Hall–Kier alpha value is -1.10. The normalized spacial score (nSPS) is 28.1. The van der Waals surface area contributed by atoms with Crippen molar-refractivity contribution in [3.63, 3.8) is 0 Å². The summed E-state index contributed by atoms with van der Waals surface area (Å²) in [7, 11) is 0. The maximum Gasteiger partial charge on any atom is 0.347 e. The number of anilines is 1. The fraction of sp³-hybridized carbons (Fsp3) is 0.692. The predicted octanol–water partition coefficient (Wildman–Crippen LogP) is 3.39. The van der Waals surface area contributed by atoms with Gasteiger partial charge in [0.1, 0.15) is 4.88 Å². The number of hydrogen-bond acceptors (Lipinski definition) is 4. The van der Waals surface area contributed by atoms with Gasteiger partial charge in [-0.05, 0) is 38.0 Å². The molecule has 4 nitrogen and oxygen atoms in total. The molecule has 1 fully saturated rings. The molecule has 0 radical (unpaired) electrons. The number of aromatic nitrogens is 1. The minimum absolute atomic E-state index is 0.342. The molecule has 0 amide bonds. The largest absolute Gasteiger partial charge is 0.477 e. The van der Waals surface area contributed by atoms with E-state index in [0.29, 0.717) is 16.6 Å². The Balaban J connectivity index is 2.05. The van der Waals surface area contributed by atoms with E-state index >= 15 is 0 Å². The van der Waals surface area contributed by atoms with Crippen LogP contribution in [-0.4, -0.2) is 22.1 Å². The molecule has 0 spiro atoms. The third-order valence-corrected chi connectivity index (χ3v) is 4.57.